The van der Waals surface area contributed by atoms with E-state index < -0.39 is 0 Å². The van der Waals surface area contributed by atoms with E-state index in [4.69, 9.17) is 4.74 Å². The van der Waals surface area contributed by atoms with Crippen LogP contribution in [0.2, 0.25) is 0 Å². The van der Waals surface area contributed by atoms with E-state index in [1.54, 1.807) is 29.0 Å². The Kier molecular flexibility index (Phi) is 6.90. The monoisotopic (exact) mass is 351 g/mol. The molecule has 0 N–H and O–H groups in total. The van der Waals surface area contributed by atoms with Crippen molar-refractivity contribution in [1.29, 1.82) is 0 Å². The SMILES string of the molecule is COCC(=O)N1CCN(CC(=O)N(C)C(C)c2ccc(F)cc2)CC1. The van der Waals surface area contributed by atoms with E-state index in [0.717, 1.165) is 5.56 Å². The quantitative estimate of drug-likeness (QED) is 0.771. The minimum atomic E-state index is -0.286. The van der Waals surface area contributed by atoms with Gasteiger partial charge in [0, 0.05) is 40.3 Å². The highest BCUT2D eigenvalue weighted by Gasteiger charge is 2.24. The molecule has 2 rings (SSSR count). The Labute approximate surface area is 148 Å². The molecule has 1 aliphatic rings. The second kappa shape index (κ2) is 8.92. The van der Waals surface area contributed by atoms with E-state index in [0.29, 0.717) is 32.7 Å². The predicted octanol–water partition coefficient (Wildman–Crippen LogP) is 1.14. The van der Waals surface area contributed by atoms with Crippen molar-refractivity contribution in [3.8, 4) is 0 Å². The second-order valence-corrected chi connectivity index (χ2v) is 6.32. The number of methoxy groups -OCH3 is 1. The molecule has 0 aromatic heterocycles. The first-order valence-electron chi connectivity index (χ1n) is 8.42. The Morgan fingerprint density at radius 1 is 1.20 bits per heavy atom. The minimum Gasteiger partial charge on any atom is -0.375 e. The molecule has 7 heteroatoms. The Hall–Kier alpha value is -1.99. The van der Waals surface area contributed by atoms with Gasteiger partial charge in [0.2, 0.25) is 11.8 Å². The molecule has 1 unspecified atom stereocenters. The van der Waals surface area contributed by atoms with Gasteiger partial charge in [-0.2, -0.15) is 0 Å². The zero-order valence-corrected chi connectivity index (χ0v) is 15.1. The number of nitrogens with zero attached hydrogens (tertiary/aromatic N) is 3. The maximum atomic E-state index is 13.0. The van der Waals surface area contributed by atoms with Crippen molar-refractivity contribution >= 4 is 11.8 Å². The molecule has 1 saturated heterocycles. The van der Waals surface area contributed by atoms with Crippen molar-refractivity contribution in [2.45, 2.75) is 13.0 Å². The van der Waals surface area contributed by atoms with Crippen LogP contribution in [-0.2, 0) is 14.3 Å². The van der Waals surface area contributed by atoms with Crippen LogP contribution in [0.3, 0.4) is 0 Å². The number of ether oxygens (including phenoxy) is 1. The third kappa shape index (κ3) is 5.24. The van der Waals surface area contributed by atoms with Crippen LogP contribution in [0.5, 0.6) is 0 Å². The average molecular weight is 351 g/mol. The van der Waals surface area contributed by atoms with Gasteiger partial charge in [0.1, 0.15) is 12.4 Å². The number of likely N-dealkylation sites (N-methyl/N-ethyl adjacent to an activating group) is 1. The van der Waals surface area contributed by atoms with Gasteiger partial charge in [0.15, 0.2) is 0 Å². The van der Waals surface area contributed by atoms with Crippen LogP contribution in [0.15, 0.2) is 24.3 Å². The molecule has 138 valence electrons. The highest BCUT2D eigenvalue weighted by atomic mass is 19.1. The van der Waals surface area contributed by atoms with Crippen molar-refractivity contribution in [1.82, 2.24) is 14.7 Å². The van der Waals surface area contributed by atoms with Crippen LogP contribution in [-0.4, -0.2) is 80.0 Å². The summed E-state index contributed by atoms with van der Waals surface area (Å²) in [4.78, 5) is 29.8. The van der Waals surface area contributed by atoms with Gasteiger partial charge in [-0.15, -0.1) is 0 Å². The van der Waals surface area contributed by atoms with E-state index in [-0.39, 0.29) is 30.3 Å². The normalized spacial score (nSPS) is 16.6. The van der Waals surface area contributed by atoms with E-state index in [9.17, 15) is 14.0 Å². The Bertz CT molecular complexity index is 586. The maximum Gasteiger partial charge on any atom is 0.248 e. The van der Waals surface area contributed by atoms with Gasteiger partial charge in [-0.05, 0) is 24.6 Å². The van der Waals surface area contributed by atoms with Crippen LogP contribution >= 0.6 is 0 Å². The van der Waals surface area contributed by atoms with Gasteiger partial charge in [-0.1, -0.05) is 12.1 Å². The van der Waals surface area contributed by atoms with Crippen LogP contribution in [0.25, 0.3) is 0 Å². The van der Waals surface area contributed by atoms with Crippen LogP contribution in [0.1, 0.15) is 18.5 Å². The fourth-order valence-corrected chi connectivity index (χ4v) is 2.85. The lowest BCUT2D eigenvalue weighted by molar-refractivity contribution is -0.138. The smallest absolute Gasteiger partial charge is 0.248 e. The molecule has 6 nitrogen and oxygen atoms in total. The molecular formula is C18H26FN3O3. The van der Waals surface area contributed by atoms with E-state index in [1.165, 1.54) is 19.2 Å². The minimum absolute atomic E-state index is 0.00786. The van der Waals surface area contributed by atoms with Crippen molar-refractivity contribution in [3.05, 3.63) is 35.6 Å². The zero-order chi connectivity index (χ0) is 18.4. The molecule has 0 bridgehead atoms. The third-order valence-corrected chi connectivity index (χ3v) is 4.68. The molecular weight excluding hydrogens is 325 g/mol. The molecule has 0 radical (unpaired) electrons. The first-order chi connectivity index (χ1) is 11.9. The molecule has 1 fully saturated rings. The summed E-state index contributed by atoms with van der Waals surface area (Å²) in [6, 6.07) is 6.08. The molecule has 0 saturated carbocycles. The van der Waals surface area contributed by atoms with Gasteiger partial charge in [-0.3, -0.25) is 14.5 Å². The van der Waals surface area contributed by atoms with Crippen LogP contribution in [0, 0.1) is 5.82 Å². The van der Waals surface area contributed by atoms with Gasteiger partial charge in [0.25, 0.3) is 0 Å². The van der Waals surface area contributed by atoms with Gasteiger partial charge >= 0.3 is 0 Å². The summed E-state index contributed by atoms with van der Waals surface area (Å²) < 4.78 is 17.9. The molecule has 1 atom stereocenters. The predicted molar refractivity (Wildman–Crippen MR) is 92.5 cm³/mol. The molecule has 1 aromatic carbocycles. The summed E-state index contributed by atoms with van der Waals surface area (Å²) in [6.45, 7) is 4.87. The summed E-state index contributed by atoms with van der Waals surface area (Å²) in [5.74, 6) is -0.296. The largest absolute Gasteiger partial charge is 0.375 e. The fourth-order valence-electron chi connectivity index (χ4n) is 2.85. The van der Waals surface area contributed by atoms with Gasteiger partial charge < -0.3 is 14.5 Å². The highest BCUT2D eigenvalue weighted by Crippen LogP contribution is 2.19. The third-order valence-electron chi connectivity index (χ3n) is 4.68. The fraction of sp³-hybridized carbons (Fsp3) is 0.556. The summed E-state index contributed by atoms with van der Waals surface area (Å²) in [7, 11) is 3.26. The molecule has 2 amide bonds. The number of halogens is 1. The number of benzene rings is 1. The number of rotatable bonds is 6. The molecule has 0 spiro atoms. The summed E-state index contributed by atoms with van der Waals surface area (Å²) in [5.41, 5.74) is 0.896. The average Bonchev–Trinajstić information content (AvgIpc) is 2.62. The van der Waals surface area contributed by atoms with Crippen LogP contribution in [0.4, 0.5) is 4.39 Å². The number of amides is 2. The standard InChI is InChI=1S/C18H26FN3O3/c1-14(15-4-6-16(19)7-5-15)20(2)17(23)12-21-8-10-22(11-9-21)18(24)13-25-3/h4-7,14H,8-13H2,1-3H3. The number of piperazine rings is 1. The van der Waals surface area contributed by atoms with Crippen LogP contribution < -0.4 is 0 Å². The highest BCUT2D eigenvalue weighted by molar-refractivity contribution is 5.79. The Balaban J connectivity index is 1.83. The molecule has 1 aromatic rings. The lowest BCUT2D eigenvalue weighted by Gasteiger charge is -2.35. The number of carbonyl (C=O) groups is 2. The second-order valence-electron chi connectivity index (χ2n) is 6.32. The maximum absolute atomic E-state index is 13.0. The van der Waals surface area contributed by atoms with Crippen molar-refractivity contribution in [3.63, 3.8) is 0 Å². The molecule has 25 heavy (non-hydrogen) atoms. The molecule has 1 heterocycles. The topological polar surface area (TPSA) is 53.1 Å². The lowest BCUT2D eigenvalue weighted by Crippen LogP contribution is -2.52. The van der Waals surface area contributed by atoms with Crippen molar-refractivity contribution in [2.24, 2.45) is 0 Å². The van der Waals surface area contributed by atoms with Crippen molar-refractivity contribution < 1.29 is 18.7 Å². The number of carbonyl (C=O) groups excluding carboxylic acids is 2. The van der Waals surface area contributed by atoms with E-state index in [1.807, 2.05) is 11.8 Å². The first-order valence-corrected chi connectivity index (χ1v) is 8.42. The van der Waals surface area contributed by atoms with Gasteiger partial charge in [0.05, 0.1) is 12.6 Å². The molecule has 0 aliphatic carbocycles. The Morgan fingerprint density at radius 2 is 1.80 bits per heavy atom. The van der Waals surface area contributed by atoms with Gasteiger partial charge in [-0.25, -0.2) is 4.39 Å². The number of hydrogen-bond acceptors (Lipinski definition) is 4. The van der Waals surface area contributed by atoms with E-state index in [2.05, 4.69) is 0 Å². The Morgan fingerprint density at radius 3 is 2.36 bits per heavy atom. The summed E-state index contributed by atoms with van der Waals surface area (Å²) >= 11 is 0. The first kappa shape index (κ1) is 19.3. The zero-order valence-electron chi connectivity index (χ0n) is 15.1. The van der Waals surface area contributed by atoms with E-state index >= 15 is 0 Å². The summed E-state index contributed by atoms with van der Waals surface area (Å²) in [6.07, 6.45) is 0. The van der Waals surface area contributed by atoms with Crippen molar-refractivity contribution in [2.75, 3.05) is 53.5 Å². The number of hydrogen-bond donors (Lipinski definition) is 0. The lowest BCUT2D eigenvalue weighted by atomic mass is 10.1. The molecule has 1 aliphatic heterocycles. The summed E-state index contributed by atoms with van der Waals surface area (Å²) in [5, 5.41) is 0.